The van der Waals surface area contributed by atoms with Gasteiger partial charge >= 0.3 is 5.97 Å². The molecule has 1 amide bonds. The first kappa shape index (κ1) is 15.2. The minimum Gasteiger partial charge on any atom is -0.480 e. The molecule has 1 N–H and O–H groups in total. The number of benzene rings is 1. The first-order valence-corrected chi connectivity index (χ1v) is 6.73. The van der Waals surface area contributed by atoms with Gasteiger partial charge in [0.2, 0.25) is 5.91 Å². The fourth-order valence-electron chi connectivity index (χ4n) is 2.38. The number of carboxylic acids is 1. The van der Waals surface area contributed by atoms with Crippen LogP contribution in [-0.4, -0.2) is 39.4 Å². The number of carbonyl (C=O) groups is 2. The Balaban J connectivity index is 2.13. The summed E-state index contributed by atoms with van der Waals surface area (Å²) in [6.45, 7) is 0.403. The highest BCUT2D eigenvalue weighted by Gasteiger charge is 2.33. The molecule has 1 unspecified atom stereocenters. The summed E-state index contributed by atoms with van der Waals surface area (Å²) in [7, 11) is 0. The number of aliphatic carboxylic acids is 1. The van der Waals surface area contributed by atoms with Crippen LogP contribution in [-0.2, 0) is 16.0 Å². The zero-order valence-electron chi connectivity index (χ0n) is 11.0. The van der Waals surface area contributed by atoms with Gasteiger partial charge in [-0.05, 0) is 18.4 Å². The molecule has 0 spiro atoms. The van der Waals surface area contributed by atoms with E-state index in [0.717, 1.165) is 0 Å². The molecule has 112 valence electrons. The number of rotatable bonds is 4. The number of amides is 1. The van der Waals surface area contributed by atoms with Crippen molar-refractivity contribution < 1.29 is 19.6 Å². The zero-order valence-corrected chi connectivity index (χ0v) is 11.7. The van der Waals surface area contributed by atoms with E-state index in [9.17, 15) is 19.7 Å². The summed E-state index contributed by atoms with van der Waals surface area (Å²) in [5, 5.41) is 19.8. The van der Waals surface area contributed by atoms with Crippen molar-refractivity contribution in [2.24, 2.45) is 0 Å². The van der Waals surface area contributed by atoms with E-state index in [1.807, 2.05) is 0 Å². The van der Waals surface area contributed by atoms with Crippen LogP contribution in [0.3, 0.4) is 0 Å². The highest BCUT2D eigenvalue weighted by molar-refractivity contribution is 6.31. The monoisotopic (exact) mass is 312 g/mol. The molecule has 1 atom stereocenters. The molecular weight excluding hydrogens is 300 g/mol. The summed E-state index contributed by atoms with van der Waals surface area (Å²) in [6, 6.07) is 3.08. The highest BCUT2D eigenvalue weighted by Crippen LogP contribution is 2.25. The number of halogens is 1. The van der Waals surface area contributed by atoms with Crippen LogP contribution in [0.4, 0.5) is 5.69 Å². The number of nitro groups is 1. The van der Waals surface area contributed by atoms with E-state index in [1.54, 1.807) is 0 Å². The molecular formula is C13H13ClN2O5. The summed E-state index contributed by atoms with van der Waals surface area (Å²) in [4.78, 5) is 34.6. The van der Waals surface area contributed by atoms with Crippen LogP contribution in [0.5, 0.6) is 0 Å². The predicted octanol–water partition coefficient (Wildman–Crippen LogP) is 1.87. The van der Waals surface area contributed by atoms with Gasteiger partial charge in [-0.2, -0.15) is 0 Å². The summed E-state index contributed by atoms with van der Waals surface area (Å²) < 4.78 is 0. The van der Waals surface area contributed by atoms with Crippen molar-refractivity contribution in [3.63, 3.8) is 0 Å². The average Bonchev–Trinajstić information content (AvgIpc) is 2.90. The van der Waals surface area contributed by atoms with Crippen LogP contribution < -0.4 is 0 Å². The van der Waals surface area contributed by atoms with Crippen LogP contribution in [0.1, 0.15) is 18.4 Å². The summed E-state index contributed by atoms with van der Waals surface area (Å²) in [6.07, 6.45) is 1.02. The third-order valence-electron chi connectivity index (χ3n) is 3.45. The number of nitrogens with zero attached hydrogens (tertiary/aromatic N) is 2. The lowest BCUT2D eigenvalue weighted by Crippen LogP contribution is -2.41. The van der Waals surface area contributed by atoms with Crippen molar-refractivity contribution in [2.75, 3.05) is 6.54 Å². The Morgan fingerprint density at radius 3 is 2.76 bits per heavy atom. The molecule has 1 saturated heterocycles. The highest BCUT2D eigenvalue weighted by atomic mass is 35.5. The minimum absolute atomic E-state index is 0.0688. The second-order valence-electron chi connectivity index (χ2n) is 4.79. The Morgan fingerprint density at radius 1 is 1.48 bits per heavy atom. The zero-order chi connectivity index (χ0) is 15.6. The third kappa shape index (κ3) is 3.30. The molecule has 7 nitrogen and oxygen atoms in total. The van der Waals surface area contributed by atoms with E-state index in [2.05, 4.69) is 0 Å². The molecule has 8 heteroatoms. The molecule has 1 aromatic carbocycles. The lowest BCUT2D eigenvalue weighted by Gasteiger charge is -2.21. The number of hydrogen-bond donors (Lipinski definition) is 1. The van der Waals surface area contributed by atoms with Gasteiger partial charge < -0.3 is 10.0 Å². The van der Waals surface area contributed by atoms with Crippen molar-refractivity contribution in [3.05, 3.63) is 38.9 Å². The second-order valence-corrected chi connectivity index (χ2v) is 5.20. The Morgan fingerprint density at radius 2 is 2.19 bits per heavy atom. The fourth-order valence-corrected chi connectivity index (χ4v) is 2.62. The number of hydrogen-bond acceptors (Lipinski definition) is 4. The van der Waals surface area contributed by atoms with E-state index in [1.165, 1.54) is 23.1 Å². The Kier molecular flexibility index (Phi) is 4.42. The molecule has 1 aliphatic heterocycles. The molecule has 0 aromatic heterocycles. The molecule has 1 aromatic rings. The molecule has 0 radical (unpaired) electrons. The number of nitro benzene ring substituents is 1. The van der Waals surface area contributed by atoms with Gasteiger partial charge in [0.05, 0.1) is 16.4 Å². The molecule has 0 saturated carbocycles. The van der Waals surface area contributed by atoms with Crippen molar-refractivity contribution in [1.29, 1.82) is 0 Å². The summed E-state index contributed by atoms with van der Waals surface area (Å²) in [5.41, 5.74) is 0.295. The van der Waals surface area contributed by atoms with Crippen LogP contribution in [0.25, 0.3) is 0 Å². The van der Waals surface area contributed by atoms with Gasteiger partial charge in [-0.3, -0.25) is 14.9 Å². The van der Waals surface area contributed by atoms with Crippen molar-refractivity contribution in [3.8, 4) is 0 Å². The van der Waals surface area contributed by atoms with Crippen molar-refractivity contribution in [2.45, 2.75) is 25.3 Å². The molecule has 1 aliphatic rings. The lowest BCUT2D eigenvalue weighted by molar-refractivity contribution is -0.384. The van der Waals surface area contributed by atoms with E-state index < -0.39 is 16.9 Å². The maximum Gasteiger partial charge on any atom is 0.326 e. The van der Waals surface area contributed by atoms with Gasteiger partial charge in [0.15, 0.2) is 0 Å². The lowest BCUT2D eigenvalue weighted by atomic mass is 10.1. The van der Waals surface area contributed by atoms with Gasteiger partial charge in [-0.15, -0.1) is 0 Å². The number of carbonyl (C=O) groups excluding carboxylic acids is 1. The first-order valence-electron chi connectivity index (χ1n) is 6.35. The van der Waals surface area contributed by atoms with Crippen molar-refractivity contribution >= 4 is 29.2 Å². The van der Waals surface area contributed by atoms with E-state index >= 15 is 0 Å². The molecule has 21 heavy (non-hydrogen) atoms. The van der Waals surface area contributed by atoms with Crippen LogP contribution in [0.2, 0.25) is 5.02 Å². The predicted molar refractivity (Wildman–Crippen MR) is 74.2 cm³/mol. The van der Waals surface area contributed by atoms with E-state index in [4.69, 9.17) is 16.7 Å². The van der Waals surface area contributed by atoms with Crippen LogP contribution in [0.15, 0.2) is 18.2 Å². The Bertz CT molecular complexity index is 604. The molecule has 0 bridgehead atoms. The topological polar surface area (TPSA) is 101 Å². The number of non-ortho nitro benzene ring substituents is 1. The van der Waals surface area contributed by atoms with Gasteiger partial charge in [0.25, 0.3) is 5.69 Å². The van der Waals surface area contributed by atoms with Crippen molar-refractivity contribution in [1.82, 2.24) is 4.90 Å². The van der Waals surface area contributed by atoms with Gasteiger partial charge in [0.1, 0.15) is 6.04 Å². The second kappa shape index (κ2) is 6.09. The maximum atomic E-state index is 12.2. The van der Waals surface area contributed by atoms with Gasteiger partial charge in [-0.1, -0.05) is 17.7 Å². The van der Waals surface area contributed by atoms with Crippen LogP contribution >= 0.6 is 11.6 Å². The smallest absolute Gasteiger partial charge is 0.326 e. The minimum atomic E-state index is -1.02. The first-order chi connectivity index (χ1) is 9.90. The van der Waals surface area contributed by atoms with Gasteiger partial charge in [0, 0.05) is 18.7 Å². The third-order valence-corrected chi connectivity index (χ3v) is 3.80. The molecule has 0 aliphatic carbocycles. The fraction of sp³-hybridized carbons (Fsp3) is 0.385. The number of likely N-dealkylation sites (tertiary alicyclic amines) is 1. The van der Waals surface area contributed by atoms with Crippen LogP contribution in [0, 0.1) is 10.1 Å². The maximum absolute atomic E-state index is 12.2. The quantitative estimate of drug-likeness (QED) is 0.675. The largest absolute Gasteiger partial charge is 0.480 e. The molecule has 1 fully saturated rings. The molecule has 1 heterocycles. The molecule has 2 rings (SSSR count). The van der Waals surface area contributed by atoms with E-state index in [-0.39, 0.29) is 23.0 Å². The summed E-state index contributed by atoms with van der Waals surface area (Å²) >= 11 is 5.93. The van der Waals surface area contributed by atoms with E-state index in [0.29, 0.717) is 24.9 Å². The SMILES string of the molecule is O=C(O)C1CCCN1C(=O)Cc1ccc([N+](=O)[O-])cc1Cl. The number of carboxylic acid groups (broad SMARTS) is 1. The normalized spacial score (nSPS) is 17.8. The summed E-state index contributed by atoms with van der Waals surface area (Å²) in [5.74, 6) is -1.36. The Labute approximate surface area is 125 Å². The Hall–Kier alpha value is -2.15. The average molecular weight is 313 g/mol. The standard InChI is InChI=1S/C13H13ClN2O5/c14-10-7-9(16(20)21)4-3-8(10)6-12(17)15-5-1-2-11(15)13(18)19/h3-4,7,11H,1-2,5-6H2,(H,18,19). The van der Waals surface area contributed by atoms with Gasteiger partial charge in [-0.25, -0.2) is 4.79 Å².